The molecule has 0 aliphatic rings. The Morgan fingerprint density at radius 3 is 2.63 bits per heavy atom. The van der Waals surface area contributed by atoms with Crippen LogP contribution in [0.3, 0.4) is 0 Å². The number of carboxylic acid groups (broad SMARTS) is 1. The van der Waals surface area contributed by atoms with Gasteiger partial charge < -0.3 is 9.84 Å². The lowest BCUT2D eigenvalue weighted by Gasteiger charge is -2.08. The summed E-state index contributed by atoms with van der Waals surface area (Å²) in [7, 11) is -2.80. The van der Waals surface area contributed by atoms with Crippen LogP contribution in [0.5, 0.6) is 0 Å². The minimum atomic E-state index is -4.21. The molecule has 0 radical (unpaired) electrons. The van der Waals surface area contributed by atoms with Crippen molar-refractivity contribution >= 4 is 16.0 Å². The van der Waals surface area contributed by atoms with E-state index in [2.05, 4.69) is 9.57 Å². The second-order valence-electron chi connectivity index (χ2n) is 3.38. The zero-order valence-electron chi connectivity index (χ0n) is 9.92. The van der Waals surface area contributed by atoms with Crippen molar-refractivity contribution in [3.8, 4) is 0 Å². The number of sulfonamides is 1. The number of ether oxygens (including phenoxy) is 1. The van der Waals surface area contributed by atoms with Gasteiger partial charge in [0.15, 0.2) is 0 Å². The first-order valence-electron chi connectivity index (χ1n) is 5.04. The molecule has 0 atom stereocenters. The number of aromatic carboxylic acids is 1. The average Bonchev–Trinajstić information content (AvgIpc) is 2.34. The van der Waals surface area contributed by atoms with Crippen LogP contribution in [0.25, 0.3) is 0 Å². The van der Waals surface area contributed by atoms with Crippen LogP contribution in [-0.4, -0.2) is 39.8 Å². The number of benzene rings is 1. The van der Waals surface area contributed by atoms with Gasteiger partial charge in [-0.15, -0.1) is 0 Å². The van der Waals surface area contributed by atoms with E-state index in [4.69, 9.17) is 5.11 Å². The average molecular weight is 293 g/mol. The predicted octanol–water partition coefficient (Wildman–Crippen LogP) is 0.380. The highest BCUT2D eigenvalue weighted by Gasteiger charge is 2.20. The zero-order valence-corrected chi connectivity index (χ0v) is 10.7. The van der Waals surface area contributed by atoms with Gasteiger partial charge in [0, 0.05) is 7.11 Å². The maximum atomic E-state index is 13.5. The maximum Gasteiger partial charge on any atom is 0.335 e. The third-order valence-corrected chi connectivity index (χ3v) is 3.27. The summed E-state index contributed by atoms with van der Waals surface area (Å²) in [5.41, 5.74) is -0.350. The quantitative estimate of drug-likeness (QED) is 0.556. The van der Waals surface area contributed by atoms with Gasteiger partial charge >= 0.3 is 5.97 Å². The monoisotopic (exact) mass is 293 g/mol. The number of methoxy groups -OCH3 is 1. The van der Waals surface area contributed by atoms with Crippen LogP contribution < -0.4 is 4.89 Å². The largest absolute Gasteiger partial charge is 0.478 e. The molecule has 0 aliphatic carbocycles. The van der Waals surface area contributed by atoms with E-state index in [0.717, 1.165) is 12.1 Å². The Balaban J connectivity index is 2.87. The van der Waals surface area contributed by atoms with E-state index >= 15 is 0 Å². The van der Waals surface area contributed by atoms with E-state index in [0.29, 0.717) is 6.07 Å². The predicted molar refractivity (Wildman–Crippen MR) is 61.5 cm³/mol. The Morgan fingerprint density at radius 1 is 1.42 bits per heavy atom. The number of rotatable bonds is 7. The van der Waals surface area contributed by atoms with E-state index in [1.807, 2.05) is 0 Å². The molecule has 19 heavy (non-hydrogen) atoms. The minimum absolute atomic E-state index is 0.0510. The molecule has 0 aliphatic heterocycles. The molecule has 106 valence electrons. The Labute approximate surface area is 109 Å². The van der Waals surface area contributed by atoms with Gasteiger partial charge in [-0.3, -0.25) is 4.84 Å². The second kappa shape index (κ2) is 6.57. The first-order valence-corrected chi connectivity index (χ1v) is 6.52. The topological polar surface area (TPSA) is 102 Å². The normalized spacial score (nSPS) is 11.5. The Hall–Kier alpha value is -1.55. The zero-order chi connectivity index (χ0) is 14.5. The van der Waals surface area contributed by atoms with Gasteiger partial charge in [0.2, 0.25) is 0 Å². The fourth-order valence-corrected chi connectivity index (χ4v) is 2.03. The van der Waals surface area contributed by atoms with Crippen molar-refractivity contribution in [2.75, 3.05) is 20.3 Å². The van der Waals surface area contributed by atoms with Gasteiger partial charge in [-0.25, -0.2) is 17.6 Å². The van der Waals surface area contributed by atoms with Crippen LogP contribution in [0.4, 0.5) is 4.39 Å². The summed E-state index contributed by atoms with van der Waals surface area (Å²) in [5, 5.41) is 8.63. The molecule has 0 fully saturated rings. The SMILES string of the molecule is COCCONS(=O)(=O)c1ccc(C(=O)O)cc1F. The van der Waals surface area contributed by atoms with E-state index in [9.17, 15) is 17.6 Å². The van der Waals surface area contributed by atoms with Gasteiger partial charge in [0.25, 0.3) is 10.0 Å². The van der Waals surface area contributed by atoms with Crippen LogP contribution >= 0.6 is 0 Å². The molecule has 0 saturated carbocycles. The summed E-state index contributed by atoms with van der Waals surface area (Å²) >= 11 is 0. The summed E-state index contributed by atoms with van der Waals surface area (Å²) in [4.78, 5) is 16.2. The van der Waals surface area contributed by atoms with Crippen molar-refractivity contribution in [2.45, 2.75) is 4.90 Å². The highest BCUT2D eigenvalue weighted by atomic mass is 32.2. The van der Waals surface area contributed by atoms with Crippen LogP contribution in [-0.2, 0) is 19.6 Å². The smallest absolute Gasteiger partial charge is 0.335 e. The van der Waals surface area contributed by atoms with Crippen molar-refractivity contribution in [1.29, 1.82) is 0 Å². The minimum Gasteiger partial charge on any atom is -0.478 e. The van der Waals surface area contributed by atoms with E-state index < -0.39 is 26.7 Å². The molecule has 1 rings (SSSR count). The highest BCUT2D eigenvalue weighted by molar-refractivity contribution is 7.89. The van der Waals surface area contributed by atoms with Gasteiger partial charge in [-0.2, -0.15) is 0 Å². The third-order valence-electron chi connectivity index (χ3n) is 2.03. The molecular formula is C10H12FNO6S. The standard InChI is InChI=1S/C10H12FNO6S/c1-17-4-5-18-12-19(15,16)9-3-2-7(10(13)14)6-8(9)11/h2-3,6,12H,4-5H2,1H3,(H,13,14). The molecule has 1 aromatic rings. The fraction of sp³-hybridized carbons (Fsp3) is 0.300. The highest BCUT2D eigenvalue weighted by Crippen LogP contribution is 2.16. The molecule has 0 aromatic heterocycles. The van der Waals surface area contributed by atoms with Crippen molar-refractivity contribution in [1.82, 2.24) is 4.89 Å². The molecule has 9 heteroatoms. The lowest BCUT2D eigenvalue weighted by molar-refractivity contribution is 0.0437. The van der Waals surface area contributed by atoms with E-state index in [1.54, 1.807) is 4.89 Å². The van der Waals surface area contributed by atoms with Crippen LogP contribution in [0.2, 0.25) is 0 Å². The first-order chi connectivity index (χ1) is 8.88. The Kier molecular flexibility index (Phi) is 5.36. The molecular weight excluding hydrogens is 281 g/mol. The van der Waals surface area contributed by atoms with E-state index in [1.165, 1.54) is 7.11 Å². The van der Waals surface area contributed by atoms with Crippen LogP contribution in [0.1, 0.15) is 10.4 Å². The lowest BCUT2D eigenvalue weighted by atomic mass is 10.2. The Morgan fingerprint density at radius 2 is 2.11 bits per heavy atom. The van der Waals surface area contributed by atoms with Crippen LogP contribution in [0, 0.1) is 5.82 Å². The van der Waals surface area contributed by atoms with Crippen molar-refractivity contribution in [2.24, 2.45) is 0 Å². The molecule has 0 bridgehead atoms. The van der Waals surface area contributed by atoms with Gasteiger partial charge in [0.1, 0.15) is 10.7 Å². The van der Waals surface area contributed by atoms with Gasteiger partial charge in [-0.1, -0.05) is 4.89 Å². The first kappa shape index (κ1) is 15.5. The molecule has 0 amide bonds. The second-order valence-corrected chi connectivity index (χ2v) is 4.99. The molecule has 0 unspecified atom stereocenters. The summed E-state index contributed by atoms with van der Waals surface area (Å²) in [6.45, 7) is 0.105. The van der Waals surface area contributed by atoms with E-state index in [-0.39, 0.29) is 18.8 Å². The number of nitrogens with one attached hydrogen (secondary N) is 1. The van der Waals surface area contributed by atoms with Crippen molar-refractivity contribution in [3.63, 3.8) is 0 Å². The molecule has 0 spiro atoms. The number of carbonyl (C=O) groups is 1. The molecule has 2 N–H and O–H groups in total. The van der Waals surface area contributed by atoms with Crippen molar-refractivity contribution in [3.05, 3.63) is 29.6 Å². The van der Waals surface area contributed by atoms with Gasteiger partial charge in [0.05, 0.1) is 18.8 Å². The number of hydrogen-bond donors (Lipinski definition) is 2. The maximum absolute atomic E-state index is 13.5. The van der Waals surface area contributed by atoms with Gasteiger partial charge in [-0.05, 0) is 18.2 Å². The molecule has 7 nitrogen and oxygen atoms in total. The number of halogens is 1. The molecule has 1 aromatic carbocycles. The fourth-order valence-electron chi connectivity index (χ4n) is 1.14. The number of carboxylic acids is 1. The summed E-state index contributed by atoms with van der Waals surface area (Å²) in [6.07, 6.45) is 0. The third kappa shape index (κ3) is 4.24. The summed E-state index contributed by atoms with van der Waals surface area (Å²) < 4.78 is 41.4. The van der Waals surface area contributed by atoms with Crippen molar-refractivity contribution < 1.29 is 32.3 Å². The summed E-state index contributed by atoms with van der Waals surface area (Å²) in [5.74, 6) is -2.53. The number of hydrogen-bond acceptors (Lipinski definition) is 5. The summed E-state index contributed by atoms with van der Waals surface area (Å²) in [6, 6.07) is 2.45. The molecule has 0 saturated heterocycles. The molecule has 0 heterocycles. The lowest BCUT2D eigenvalue weighted by Crippen LogP contribution is -2.26. The van der Waals surface area contributed by atoms with Crippen LogP contribution in [0.15, 0.2) is 23.1 Å². The Bertz CT molecular complexity index is 559.